The summed E-state index contributed by atoms with van der Waals surface area (Å²) < 4.78 is 1.29. The summed E-state index contributed by atoms with van der Waals surface area (Å²) >= 11 is 9.93. The number of phenolic OH excluding ortho intramolecular Hbond substituents is 1. The summed E-state index contributed by atoms with van der Waals surface area (Å²) in [6.45, 7) is 1.84. The van der Waals surface area contributed by atoms with Gasteiger partial charge in [-0.25, -0.2) is 0 Å². The topological polar surface area (TPSA) is 73.1 Å². The van der Waals surface area contributed by atoms with E-state index in [9.17, 15) is 15.2 Å². The minimum absolute atomic E-state index is 0.0355. The molecule has 2 rings (SSSR count). The summed E-state index contributed by atoms with van der Waals surface area (Å²) in [5, 5.41) is 22.3. The molecule has 0 aromatic heterocycles. The molecule has 24 heavy (non-hydrogen) atoms. The molecule has 0 radical (unpaired) electrons. The normalized spacial score (nSPS) is 11.0. The van der Waals surface area contributed by atoms with Crippen LogP contribution in [0.3, 0.4) is 0 Å². The quantitative estimate of drug-likeness (QED) is 0.309. The summed E-state index contributed by atoms with van der Waals surface area (Å²) in [7, 11) is 0. The van der Waals surface area contributed by atoms with Gasteiger partial charge < -0.3 is 10.4 Å². The molecular formula is C17H11ClI2N2O2. The summed E-state index contributed by atoms with van der Waals surface area (Å²) in [5.41, 5.74) is 2.03. The van der Waals surface area contributed by atoms with Crippen molar-refractivity contribution >= 4 is 74.5 Å². The minimum Gasteiger partial charge on any atom is -0.506 e. The Bertz CT molecular complexity index is 866. The van der Waals surface area contributed by atoms with E-state index in [-0.39, 0.29) is 11.3 Å². The maximum Gasteiger partial charge on any atom is 0.266 e. The van der Waals surface area contributed by atoms with E-state index in [4.69, 9.17) is 11.6 Å². The van der Waals surface area contributed by atoms with Gasteiger partial charge in [0.2, 0.25) is 0 Å². The molecule has 0 saturated carbocycles. The van der Waals surface area contributed by atoms with Crippen LogP contribution in [0.2, 0.25) is 5.02 Å². The van der Waals surface area contributed by atoms with E-state index < -0.39 is 5.91 Å². The Morgan fingerprint density at radius 2 is 1.92 bits per heavy atom. The highest BCUT2D eigenvalue weighted by atomic mass is 127. The first-order valence-electron chi connectivity index (χ1n) is 6.69. The molecule has 1 amide bonds. The van der Waals surface area contributed by atoms with Crippen LogP contribution in [0.15, 0.2) is 35.9 Å². The fourth-order valence-electron chi connectivity index (χ4n) is 1.90. The van der Waals surface area contributed by atoms with Crippen LogP contribution >= 0.6 is 56.8 Å². The molecule has 0 atom stereocenters. The molecule has 0 fully saturated rings. The number of aromatic hydroxyl groups is 1. The number of benzene rings is 2. The molecule has 0 aliphatic heterocycles. The number of nitrogens with zero attached hydrogens (tertiary/aromatic N) is 1. The third-order valence-electron chi connectivity index (χ3n) is 3.16. The minimum atomic E-state index is -0.513. The molecule has 0 aliphatic carbocycles. The average molecular weight is 565 g/mol. The van der Waals surface area contributed by atoms with Crippen molar-refractivity contribution in [2.24, 2.45) is 0 Å². The van der Waals surface area contributed by atoms with Crippen LogP contribution in [0.4, 0.5) is 5.69 Å². The van der Waals surface area contributed by atoms with Crippen LogP contribution in [-0.4, -0.2) is 11.0 Å². The third-order valence-corrected chi connectivity index (χ3v) is 5.04. The number of phenols is 1. The van der Waals surface area contributed by atoms with Crippen LogP contribution < -0.4 is 5.32 Å². The smallest absolute Gasteiger partial charge is 0.266 e. The Kier molecular flexibility index (Phi) is 6.48. The van der Waals surface area contributed by atoms with Crippen molar-refractivity contribution in [1.82, 2.24) is 0 Å². The highest BCUT2D eigenvalue weighted by Crippen LogP contribution is 2.28. The second-order valence-corrected chi connectivity index (χ2v) is 7.68. The number of carbonyl (C=O) groups excluding carboxylic acids is 1. The second kappa shape index (κ2) is 8.18. The van der Waals surface area contributed by atoms with Crippen LogP contribution in [0, 0.1) is 25.4 Å². The Morgan fingerprint density at radius 3 is 2.50 bits per heavy atom. The molecule has 7 heteroatoms. The largest absolute Gasteiger partial charge is 0.506 e. The average Bonchev–Trinajstić information content (AvgIpc) is 2.53. The lowest BCUT2D eigenvalue weighted by atomic mass is 10.1. The molecule has 0 saturated heterocycles. The van der Waals surface area contributed by atoms with Crippen molar-refractivity contribution in [3.63, 3.8) is 0 Å². The van der Waals surface area contributed by atoms with Gasteiger partial charge in [-0.15, -0.1) is 0 Å². The van der Waals surface area contributed by atoms with E-state index >= 15 is 0 Å². The molecule has 0 unspecified atom stereocenters. The van der Waals surface area contributed by atoms with Crippen molar-refractivity contribution in [1.29, 1.82) is 5.26 Å². The second-order valence-electron chi connectivity index (χ2n) is 4.92. The zero-order valence-electron chi connectivity index (χ0n) is 12.4. The predicted octanol–water partition coefficient (Wildman–Crippen LogP) is 5.11. The van der Waals surface area contributed by atoms with Gasteiger partial charge in [0.05, 0.1) is 7.14 Å². The monoisotopic (exact) mass is 564 g/mol. The SMILES string of the molecule is Cc1ccc(Cl)cc1NC(=O)/C(C#N)=C/c1cc(I)c(O)c(I)c1. The lowest BCUT2D eigenvalue weighted by Gasteiger charge is -2.08. The van der Waals surface area contributed by atoms with Gasteiger partial charge in [-0.05, 0) is 93.6 Å². The molecule has 122 valence electrons. The Balaban J connectivity index is 2.32. The predicted molar refractivity (Wildman–Crippen MR) is 112 cm³/mol. The number of amides is 1. The van der Waals surface area contributed by atoms with Crippen LogP contribution in [0.5, 0.6) is 5.75 Å². The van der Waals surface area contributed by atoms with Crippen molar-refractivity contribution in [2.45, 2.75) is 6.92 Å². The van der Waals surface area contributed by atoms with Crippen LogP contribution in [-0.2, 0) is 4.79 Å². The van der Waals surface area contributed by atoms with Gasteiger partial charge in [0.1, 0.15) is 17.4 Å². The number of nitriles is 1. The van der Waals surface area contributed by atoms with E-state index in [1.54, 1.807) is 30.3 Å². The zero-order chi connectivity index (χ0) is 17.9. The fraction of sp³-hybridized carbons (Fsp3) is 0.0588. The maximum atomic E-state index is 12.4. The van der Waals surface area contributed by atoms with Crippen LogP contribution in [0.25, 0.3) is 6.08 Å². The Hall–Kier alpha value is -1.31. The van der Waals surface area contributed by atoms with Gasteiger partial charge in [-0.2, -0.15) is 5.26 Å². The first-order valence-corrected chi connectivity index (χ1v) is 9.22. The molecule has 2 N–H and O–H groups in total. The Labute approximate surface area is 171 Å². The molecule has 0 spiro atoms. The molecule has 0 heterocycles. The van der Waals surface area contributed by atoms with Gasteiger partial charge in [0.15, 0.2) is 0 Å². The van der Waals surface area contributed by atoms with Crippen molar-refractivity contribution in [3.05, 3.63) is 59.2 Å². The summed E-state index contributed by atoms with van der Waals surface area (Å²) in [4.78, 5) is 12.4. The molecule has 2 aromatic rings. The number of nitrogens with one attached hydrogen (secondary N) is 1. The van der Waals surface area contributed by atoms with Gasteiger partial charge >= 0.3 is 0 Å². The van der Waals surface area contributed by atoms with Gasteiger partial charge in [0.25, 0.3) is 5.91 Å². The highest BCUT2D eigenvalue weighted by molar-refractivity contribution is 14.1. The number of hydrogen-bond acceptors (Lipinski definition) is 3. The number of carbonyl (C=O) groups is 1. The summed E-state index contributed by atoms with van der Waals surface area (Å²) in [5.74, 6) is -0.327. The number of aryl methyl sites for hydroxylation is 1. The van der Waals surface area contributed by atoms with E-state index in [2.05, 4.69) is 5.32 Å². The van der Waals surface area contributed by atoms with Gasteiger partial charge in [-0.1, -0.05) is 17.7 Å². The molecular weight excluding hydrogens is 553 g/mol. The van der Waals surface area contributed by atoms with Crippen molar-refractivity contribution < 1.29 is 9.90 Å². The zero-order valence-corrected chi connectivity index (χ0v) is 17.5. The number of hydrogen-bond donors (Lipinski definition) is 2. The molecule has 0 bridgehead atoms. The molecule has 0 aliphatic rings. The van der Waals surface area contributed by atoms with Gasteiger partial charge in [0, 0.05) is 10.7 Å². The highest BCUT2D eigenvalue weighted by Gasteiger charge is 2.12. The molecule has 4 nitrogen and oxygen atoms in total. The van der Waals surface area contributed by atoms with E-state index in [0.717, 1.165) is 5.56 Å². The summed E-state index contributed by atoms with van der Waals surface area (Å²) in [6, 6.07) is 10.5. The first kappa shape index (κ1) is 19.0. The van der Waals surface area contributed by atoms with E-state index in [0.29, 0.717) is 23.4 Å². The number of anilines is 1. The number of rotatable bonds is 3. The number of halogens is 3. The first-order chi connectivity index (χ1) is 11.3. The molecule has 2 aromatic carbocycles. The van der Waals surface area contributed by atoms with Crippen LogP contribution in [0.1, 0.15) is 11.1 Å². The lowest BCUT2D eigenvalue weighted by Crippen LogP contribution is -2.14. The van der Waals surface area contributed by atoms with Gasteiger partial charge in [-0.3, -0.25) is 4.79 Å². The standard InChI is InChI=1S/C17H11ClI2N2O2/c1-9-2-3-12(18)7-15(9)22-17(24)11(8-21)4-10-5-13(19)16(23)14(20)6-10/h2-7,23H,1H3,(H,22,24)/b11-4+. The van der Waals surface area contributed by atoms with Crippen molar-refractivity contribution in [2.75, 3.05) is 5.32 Å². The lowest BCUT2D eigenvalue weighted by molar-refractivity contribution is -0.112. The Morgan fingerprint density at radius 1 is 1.29 bits per heavy atom. The van der Waals surface area contributed by atoms with E-state index in [1.807, 2.05) is 58.2 Å². The van der Waals surface area contributed by atoms with E-state index in [1.165, 1.54) is 6.08 Å². The van der Waals surface area contributed by atoms with Crippen molar-refractivity contribution in [3.8, 4) is 11.8 Å². The third kappa shape index (κ3) is 4.62. The summed E-state index contributed by atoms with van der Waals surface area (Å²) in [6.07, 6.45) is 1.49. The fourth-order valence-corrected chi connectivity index (χ4v) is 3.89. The maximum absolute atomic E-state index is 12.4.